The zero-order chi connectivity index (χ0) is 5.45. The maximum absolute atomic E-state index is 7.78. The minimum Gasteiger partial charge on any atom is -0.147 e. The minimum absolute atomic E-state index is 0. The Morgan fingerprint density at radius 3 is 1.00 bits per heavy atom. The van der Waals surface area contributed by atoms with Crippen molar-refractivity contribution in [2.24, 2.45) is 0 Å². The summed E-state index contributed by atoms with van der Waals surface area (Å²) < 4.78 is 0. The molecular weight excluding hydrogens is 142 g/mol. The van der Waals surface area contributed by atoms with Gasteiger partial charge in [-0.05, 0) is 0 Å². The van der Waals surface area contributed by atoms with Gasteiger partial charge in [-0.2, -0.15) is 0 Å². The largest absolute Gasteiger partial charge is 0.147 e. The molecule has 0 saturated heterocycles. The molecular formula is CH8ClO4P. The fourth-order valence-corrected chi connectivity index (χ4v) is 0. The van der Waals surface area contributed by atoms with E-state index in [-0.39, 0.29) is 12.4 Å². The molecule has 0 radical (unpaired) electrons. The maximum Gasteiger partial charge on any atom is -0.147 e. The number of rotatable bonds is 0. The van der Waals surface area contributed by atoms with E-state index >= 15 is 0 Å². The fourth-order valence-electron chi connectivity index (χ4n) is 0. The molecule has 0 fully saturated rings. The Kier molecular flexibility index (Phi) is 2.73. The first-order valence-corrected chi connectivity index (χ1v) is 3.74. The first kappa shape index (κ1) is 10.5. The van der Waals surface area contributed by atoms with Crippen LogP contribution in [0.2, 0.25) is 0 Å². The average molecular weight is 150 g/mol. The van der Waals surface area contributed by atoms with Crippen molar-refractivity contribution < 1.29 is 19.6 Å². The van der Waals surface area contributed by atoms with Crippen LogP contribution in [-0.2, 0) is 0 Å². The van der Waals surface area contributed by atoms with Gasteiger partial charge in [0.25, 0.3) is 0 Å². The smallest absolute Gasteiger partial charge is 0.147 e. The van der Waals surface area contributed by atoms with Crippen LogP contribution in [0.1, 0.15) is 0 Å². The molecule has 0 amide bonds. The van der Waals surface area contributed by atoms with Crippen molar-refractivity contribution in [3.8, 4) is 0 Å². The third-order valence-electron chi connectivity index (χ3n) is 0. The van der Waals surface area contributed by atoms with Gasteiger partial charge >= 0.3 is 33.7 Å². The second-order valence-electron chi connectivity index (χ2n) is 1.34. The fraction of sp³-hybridized carbons (Fsp3) is 1.00. The molecule has 0 aliphatic rings. The van der Waals surface area contributed by atoms with E-state index in [2.05, 4.69) is 0 Å². The Hall–Kier alpha value is 0.560. The first-order chi connectivity index (χ1) is 2.24. The summed E-state index contributed by atoms with van der Waals surface area (Å²) in [5.41, 5.74) is 0. The van der Waals surface area contributed by atoms with E-state index < -0.39 is 7.51 Å². The van der Waals surface area contributed by atoms with Crippen LogP contribution in [0, 0.1) is 0 Å². The van der Waals surface area contributed by atoms with E-state index in [4.69, 9.17) is 19.6 Å². The van der Waals surface area contributed by atoms with Crippen LogP contribution in [0.3, 0.4) is 0 Å². The molecule has 0 bridgehead atoms. The quantitative estimate of drug-likeness (QED) is 0.342. The van der Waals surface area contributed by atoms with Gasteiger partial charge in [0.15, 0.2) is 0 Å². The van der Waals surface area contributed by atoms with Gasteiger partial charge in [0.2, 0.25) is 0 Å². The summed E-state index contributed by atoms with van der Waals surface area (Å²) in [6.45, 7) is 0.561. The van der Waals surface area contributed by atoms with E-state index in [1.54, 1.807) is 0 Å². The molecule has 0 aromatic carbocycles. The van der Waals surface area contributed by atoms with Gasteiger partial charge in [-0.1, -0.05) is 0 Å². The van der Waals surface area contributed by atoms with Gasteiger partial charge in [0.05, 0.1) is 0 Å². The molecule has 0 aliphatic heterocycles. The van der Waals surface area contributed by atoms with Crippen molar-refractivity contribution >= 4 is 19.9 Å². The molecule has 0 saturated carbocycles. The summed E-state index contributed by atoms with van der Waals surface area (Å²) >= 11 is 0. The molecule has 0 spiro atoms. The molecule has 0 aromatic heterocycles. The summed E-state index contributed by atoms with van der Waals surface area (Å²) in [5.74, 6) is 0. The molecule has 0 heterocycles. The van der Waals surface area contributed by atoms with Crippen molar-refractivity contribution in [2.45, 2.75) is 0 Å². The van der Waals surface area contributed by atoms with E-state index in [0.29, 0.717) is 6.66 Å². The van der Waals surface area contributed by atoms with Crippen molar-refractivity contribution in [1.82, 2.24) is 0 Å². The average Bonchev–Trinajstić information content (AvgIpc) is 0.650. The first-order valence-electron chi connectivity index (χ1n) is 1.25. The van der Waals surface area contributed by atoms with Crippen LogP contribution in [0.5, 0.6) is 0 Å². The molecule has 0 aliphatic carbocycles. The van der Waals surface area contributed by atoms with Crippen LogP contribution >= 0.6 is 19.9 Å². The second-order valence-corrected chi connectivity index (χ2v) is 4.01. The van der Waals surface area contributed by atoms with Gasteiger partial charge < -0.3 is 0 Å². The summed E-state index contributed by atoms with van der Waals surface area (Å²) in [6.07, 6.45) is 0. The van der Waals surface area contributed by atoms with E-state index in [1.807, 2.05) is 0 Å². The third kappa shape index (κ3) is 435. The van der Waals surface area contributed by atoms with Gasteiger partial charge in [0.1, 0.15) is 0 Å². The van der Waals surface area contributed by atoms with E-state index in [0.717, 1.165) is 0 Å². The summed E-state index contributed by atoms with van der Waals surface area (Å²) in [4.78, 5) is 31.1. The Bertz CT molecular complexity index is 44.9. The Labute approximate surface area is 47.1 Å². The monoisotopic (exact) mass is 150 g/mol. The van der Waals surface area contributed by atoms with Crippen LogP contribution in [0.4, 0.5) is 0 Å². The predicted octanol–water partition coefficient (Wildman–Crippen LogP) is -0.780. The minimum atomic E-state index is -5.05. The van der Waals surface area contributed by atoms with Crippen molar-refractivity contribution in [3.63, 3.8) is 0 Å². The summed E-state index contributed by atoms with van der Waals surface area (Å²) in [7, 11) is -5.05. The number of halogens is 1. The molecule has 4 N–H and O–H groups in total. The van der Waals surface area contributed by atoms with Gasteiger partial charge in [-0.25, -0.2) is 0 Å². The SMILES string of the molecule is CP(O)(O)(O)O.Cl. The third-order valence-corrected chi connectivity index (χ3v) is 0. The van der Waals surface area contributed by atoms with Crippen molar-refractivity contribution in [1.29, 1.82) is 0 Å². The molecule has 0 atom stereocenters. The van der Waals surface area contributed by atoms with Crippen molar-refractivity contribution in [3.05, 3.63) is 0 Å². The van der Waals surface area contributed by atoms with Crippen LogP contribution in [0.15, 0.2) is 0 Å². The number of hydrogen-bond acceptors (Lipinski definition) is 4. The maximum atomic E-state index is 7.78. The van der Waals surface area contributed by atoms with E-state index in [9.17, 15) is 0 Å². The van der Waals surface area contributed by atoms with Crippen LogP contribution in [0.25, 0.3) is 0 Å². The zero-order valence-electron chi connectivity index (χ0n) is 3.64. The molecule has 7 heavy (non-hydrogen) atoms. The Morgan fingerprint density at radius 1 is 1.00 bits per heavy atom. The molecule has 4 nitrogen and oxygen atoms in total. The van der Waals surface area contributed by atoms with Crippen LogP contribution < -0.4 is 0 Å². The van der Waals surface area contributed by atoms with Gasteiger partial charge in [-0.3, -0.25) is 0 Å². The summed E-state index contributed by atoms with van der Waals surface area (Å²) in [5, 5.41) is 0. The summed E-state index contributed by atoms with van der Waals surface area (Å²) in [6, 6.07) is 0. The topological polar surface area (TPSA) is 80.9 Å². The number of hydrogen-bond donors (Lipinski definition) is 4. The molecule has 0 aromatic rings. The molecule has 0 rings (SSSR count). The van der Waals surface area contributed by atoms with Crippen LogP contribution in [-0.4, -0.2) is 26.2 Å². The van der Waals surface area contributed by atoms with E-state index in [1.165, 1.54) is 0 Å². The Morgan fingerprint density at radius 2 is 1.00 bits per heavy atom. The zero-order valence-corrected chi connectivity index (χ0v) is 5.36. The molecule has 6 heteroatoms. The van der Waals surface area contributed by atoms with Gasteiger partial charge in [0, 0.05) is 0 Å². The van der Waals surface area contributed by atoms with Gasteiger partial charge in [-0.15, -0.1) is 12.4 Å². The Balaban J connectivity index is 0. The predicted molar refractivity (Wildman–Crippen MR) is 29.0 cm³/mol. The normalized spacial score (nSPS) is 16.4. The standard InChI is InChI=1S/CH7O4P.ClH/c1-6(2,3,4)5;/h2-5H,1H3;1H. The van der Waals surface area contributed by atoms with Crippen molar-refractivity contribution in [2.75, 3.05) is 6.66 Å². The molecule has 0 unspecified atom stereocenters. The second kappa shape index (κ2) is 1.82. The molecule has 48 valence electrons.